The molecule has 1 aromatic rings. The highest BCUT2D eigenvalue weighted by Gasteiger charge is 2.33. The summed E-state index contributed by atoms with van der Waals surface area (Å²) < 4.78 is 0. The number of hydrogen-bond acceptors (Lipinski definition) is 4. The second-order valence-corrected chi connectivity index (χ2v) is 5.53. The third-order valence-corrected chi connectivity index (χ3v) is 4.34. The van der Waals surface area contributed by atoms with Crippen LogP contribution in [0.3, 0.4) is 0 Å². The molecule has 98 valence electrons. The van der Waals surface area contributed by atoms with Crippen molar-refractivity contribution in [1.82, 2.24) is 9.88 Å². The van der Waals surface area contributed by atoms with Gasteiger partial charge in [-0.2, -0.15) is 0 Å². The van der Waals surface area contributed by atoms with Crippen LogP contribution in [0.15, 0.2) is 5.51 Å². The predicted molar refractivity (Wildman–Crippen MR) is 67.7 cm³/mol. The van der Waals surface area contributed by atoms with Crippen molar-refractivity contribution in [2.45, 2.75) is 32.7 Å². The SMILES string of the molecule is Cc1ncsc1C(=O)N1CCC(C(=O)O)CC1C. The summed E-state index contributed by atoms with van der Waals surface area (Å²) in [5.74, 6) is -1.11. The number of rotatable bonds is 2. The van der Waals surface area contributed by atoms with Crippen molar-refractivity contribution in [3.8, 4) is 0 Å². The first-order chi connectivity index (χ1) is 8.50. The first-order valence-electron chi connectivity index (χ1n) is 5.94. The smallest absolute Gasteiger partial charge is 0.306 e. The summed E-state index contributed by atoms with van der Waals surface area (Å²) in [6.45, 7) is 4.23. The molecule has 18 heavy (non-hydrogen) atoms. The lowest BCUT2D eigenvalue weighted by atomic mass is 9.91. The molecule has 1 aliphatic rings. The molecule has 5 nitrogen and oxygen atoms in total. The number of hydrogen-bond donors (Lipinski definition) is 1. The largest absolute Gasteiger partial charge is 0.481 e. The topological polar surface area (TPSA) is 70.5 Å². The Hall–Kier alpha value is -1.43. The van der Waals surface area contributed by atoms with Gasteiger partial charge >= 0.3 is 5.97 Å². The Morgan fingerprint density at radius 2 is 2.28 bits per heavy atom. The van der Waals surface area contributed by atoms with E-state index in [2.05, 4.69) is 4.98 Å². The third kappa shape index (κ3) is 2.38. The second-order valence-electron chi connectivity index (χ2n) is 4.67. The number of nitrogens with zero attached hydrogens (tertiary/aromatic N) is 2. The van der Waals surface area contributed by atoms with Gasteiger partial charge in [0.05, 0.1) is 17.1 Å². The van der Waals surface area contributed by atoms with Crippen LogP contribution in [0.1, 0.15) is 35.1 Å². The first kappa shape index (κ1) is 13.0. The molecule has 0 saturated carbocycles. The van der Waals surface area contributed by atoms with Crippen molar-refractivity contribution in [2.24, 2.45) is 5.92 Å². The lowest BCUT2D eigenvalue weighted by Crippen LogP contribution is -2.46. The standard InChI is InChI=1S/C12H16N2O3S/c1-7-5-9(12(16)17)3-4-14(7)11(15)10-8(2)13-6-18-10/h6-7,9H,3-5H2,1-2H3,(H,16,17). The van der Waals surface area contributed by atoms with Crippen LogP contribution in [-0.2, 0) is 4.79 Å². The van der Waals surface area contributed by atoms with Gasteiger partial charge < -0.3 is 10.0 Å². The zero-order valence-corrected chi connectivity index (χ0v) is 11.2. The molecule has 1 aromatic heterocycles. The Morgan fingerprint density at radius 3 is 2.78 bits per heavy atom. The monoisotopic (exact) mass is 268 g/mol. The van der Waals surface area contributed by atoms with Gasteiger partial charge in [0, 0.05) is 12.6 Å². The molecule has 0 aliphatic carbocycles. The van der Waals surface area contributed by atoms with Crippen LogP contribution in [-0.4, -0.2) is 39.5 Å². The summed E-state index contributed by atoms with van der Waals surface area (Å²) >= 11 is 1.34. The summed E-state index contributed by atoms with van der Waals surface area (Å²) in [5.41, 5.74) is 2.41. The number of aromatic nitrogens is 1. The van der Waals surface area contributed by atoms with Gasteiger partial charge in [0.25, 0.3) is 5.91 Å². The summed E-state index contributed by atoms with van der Waals surface area (Å²) in [6.07, 6.45) is 1.06. The Labute approximate surface area is 109 Å². The van der Waals surface area contributed by atoms with E-state index in [1.807, 2.05) is 13.8 Å². The van der Waals surface area contributed by atoms with Crippen molar-refractivity contribution < 1.29 is 14.7 Å². The molecular weight excluding hydrogens is 252 g/mol. The van der Waals surface area contributed by atoms with Gasteiger partial charge in [-0.3, -0.25) is 9.59 Å². The van der Waals surface area contributed by atoms with Crippen LogP contribution < -0.4 is 0 Å². The quantitative estimate of drug-likeness (QED) is 0.887. The highest BCUT2D eigenvalue weighted by molar-refractivity contribution is 7.11. The number of aliphatic carboxylic acids is 1. The van der Waals surface area contributed by atoms with Crippen molar-refractivity contribution >= 4 is 23.2 Å². The van der Waals surface area contributed by atoms with E-state index in [0.717, 1.165) is 5.69 Å². The maximum Gasteiger partial charge on any atom is 0.306 e. The summed E-state index contributed by atoms with van der Waals surface area (Å²) in [6, 6.07) is -0.0335. The van der Waals surface area contributed by atoms with E-state index in [1.54, 1.807) is 10.4 Å². The number of carbonyl (C=O) groups excluding carboxylic acids is 1. The molecule has 1 amide bonds. The highest BCUT2D eigenvalue weighted by Crippen LogP contribution is 2.26. The van der Waals surface area contributed by atoms with Gasteiger partial charge in [0.1, 0.15) is 4.88 Å². The Balaban J connectivity index is 2.10. The van der Waals surface area contributed by atoms with E-state index in [9.17, 15) is 9.59 Å². The zero-order chi connectivity index (χ0) is 13.3. The molecular formula is C12H16N2O3S. The number of thiazole rings is 1. The van der Waals surface area contributed by atoms with Gasteiger partial charge in [-0.1, -0.05) is 0 Å². The molecule has 2 rings (SSSR count). The predicted octanol–water partition coefficient (Wildman–Crippen LogP) is 1.78. The lowest BCUT2D eigenvalue weighted by Gasteiger charge is -2.36. The van der Waals surface area contributed by atoms with Gasteiger partial charge in [-0.25, -0.2) is 4.98 Å². The molecule has 2 atom stereocenters. The van der Waals surface area contributed by atoms with Crippen LogP contribution in [0.25, 0.3) is 0 Å². The number of likely N-dealkylation sites (tertiary alicyclic amines) is 1. The lowest BCUT2D eigenvalue weighted by molar-refractivity contribution is -0.143. The minimum absolute atomic E-state index is 0.0219. The summed E-state index contributed by atoms with van der Waals surface area (Å²) in [7, 11) is 0. The van der Waals surface area contributed by atoms with Crippen molar-refractivity contribution in [3.05, 3.63) is 16.1 Å². The van der Waals surface area contributed by atoms with Crippen LogP contribution >= 0.6 is 11.3 Å². The van der Waals surface area contributed by atoms with E-state index in [0.29, 0.717) is 24.3 Å². The van der Waals surface area contributed by atoms with E-state index in [1.165, 1.54) is 11.3 Å². The molecule has 6 heteroatoms. The van der Waals surface area contributed by atoms with Crippen LogP contribution in [0.4, 0.5) is 0 Å². The van der Waals surface area contributed by atoms with Crippen LogP contribution in [0, 0.1) is 12.8 Å². The molecule has 0 bridgehead atoms. The van der Waals surface area contributed by atoms with Crippen LogP contribution in [0.2, 0.25) is 0 Å². The summed E-state index contributed by atoms with van der Waals surface area (Å²) in [4.78, 5) is 29.8. The average molecular weight is 268 g/mol. The van der Waals surface area contributed by atoms with Gasteiger partial charge in [-0.15, -0.1) is 11.3 Å². The number of carboxylic acids is 1. The molecule has 2 unspecified atom stereocenters. The molecule has 0 spiro atoms. The third-order valence-electron chi connectivity index (χ3n) is 3.43. The second kappa shape index (κ2) is 5.06. The molecule has 1 aliphatic heterocycles. The van der Waals surface area contributed by atoms with Crippen molar-refractivity contribution in [2.75, 3.05) is 6.54 Å². The minimum atomic E-state index is -0.761. The number of carbonyl (C=O) groups is 2. The Bertz CT molecular complexity index is 472. The Kier molecular flexibility index (Phi) is 3.65. The van der Waals surface area contributed by atoms with Crippen molar-refractivity contribution in [1.29, 1.82) is 0 Å². The number of amides is 1. The molecule has 2 heterocycles. The van der Waals surface area contributed by atoms with E-state index in [4.69, 9.17) is 5.11 Å². The van der Waals surface area contributed by atoms with E-state index < -0.39 is 5.97 Å². The number of carboxylic acid groups (broad SMARTS) is 1. The highest BCUT2D eigenvalue weighted by atomic mass is 32.1. The van der Waals surface area contributed by atoms with Gasteiger partial charge in [0.2, 0.25) is 0 Å². The van der Waals surface area contributed by atoms with Gasteiger partial charge in [-0.05, 0) is 26.7 Å². The normalized spacial score (nSPS) is 24.0. The van der Waals surface area contributed by atoms with Crippen LogP contribution in [0.5, 0.6) is 0 Å². The fourth-order valence-corrected chi connectivity index (χ4v) is 3.09. The average Bonchev–Trinajstić information content (AvgIpc) is 2.74. The molecule has 1 N–H and O–H groups in total. The molecule has 1 saturated heterocycles. The zero-order valence-electron chi connectivity index (χ0n) is 10.4. The minimum Gasteiger partial charge on any atom is -0.481 e. The fraction of sp³-hybridized carbons (Fsp3) is 0.583. The number of aryl methyl sites for hydroxylation is 1. The summed E-state index contributed by atoms with van der Waals surface area (Å²) in [5, 5.41) is 9.00. The maximum atomic E-state index is 12.3. The van der Waals surface area contributed by atoms with E-state index in [-0.39, 0.29) is 17.9 Å². The van der Waals surface area contributed by atoms with Crippen molar-refractivity contribution in [3.63, 3.8) is 0 Å². The fourth-order valence-electron chi connectivity index (χ4n) is 2.34. The first-order valence-corrected chi connectivity index (χ1v) is 6.82. The molecule has 0 aromatic carbocycles. The Morgan fingerprint density at radius 1 is 1.56 bits per heavy atom. The van der Waals surface area contributed by atoms with Gasteiger partial charge in [0.15, 0.2) is 0 Å². The molecule has 1 fully saturated rings. The molecule has 0 radical (unpaired) electrons. The van der Waals surface area contributed by atoms with E-state index >= 15 is 0 Å². The maximum absolute atomic E-state index is 12.3. The number of piperidine rings is 1.